The summed E-state index contributed by atoms with van der Waals surface area (Å²) in [5, 5.41) is 2.89. The molecule has 0 saturated heterocycles. The Labute approximate surface area is 94.8 Å². The molecule has 0 aliphatic rings. The zero-order valence-electron chi connectivity index (χ0n) is 9.05. The largest absolute Gasteiger partial charge is 0.456 e. The van der Waals surface area contributed by atoms with Gasteiger partial charge in [-0.25, -0.2) is 0 Å². The molecule has 1 aromatic heterocycles. The molecule has 1 N–H and O–H groups in total. The van der Waals surface area contributed by atoms with Crippen molar-refractivity contribution in [3.8, 4) is 0 Å². The van der Waals surface area contributed by atoms with Crippen molar-refractivity contribution in [1.29, 1.82) is 0 Å². The van der Waals surface area contributed by atoms with Gasteiger partial charge in [0.15, 0.2) is 5.76 Å². The predicted molar refractivity (Wildman–Crippen MR) is 60.3 cm³/mol. The van der Waals surface area contributed by atoms with Gasteiger partial charge in [0.05, 0.1) is 0 Å². The second-order valence-corrected chi connectivity index (χ2v) is 4.08. The van der Waals surface area contributed by atoms with Crippen molar-refractivity contribution in [1.82, 2.24) is 5.32 Å². The van der Waals surface area contributed by atoms with Crippen molar-refractivity contribution < 1.29 is 9.21 Å². The average molecular weight is 230 g/mol. The lowest BCUT2D eigenvalue weighted by atomic mass is 10.2. The lowest BCUT2D eigenvalue weighted by Crippen LogP contribution is -2.25. The predicted octanol–water partition coefficient (Wildman–Crippen LogP) is 2.73. The van der Waals surface area contributed by atoms with Gasteiger partial charge in [0.1, 0.15) is 5.76 Å². The fourth-order valence-electron chi connectivity index (χ4n) is 1.19. The summed E-state index contributed by atoms with van der Waals surface area (Å²) in [7, 11) is 0. The highest BCUT2D eigenvalue weighted by molar-refractivity contribution is 6.20. The molecule has 1 amide bonds. The standard InChI is InChI=1S/C11H16ClNO2/c1-3-9(12)6-7-13-11(14)10-5-4-8(2)15-10/h4-5,9H,3,6-7H2,1-2H3,(H,13,14). The van der Waals surface area contributed by atoms with Crippen LogP contribution >= 0.6 is 11.6 Å². The van der Waals surface area contributed by atoms with Crippen LogP contribution < -0.4 is 5.32 Å². The minimum atomic E-state index is -0.178. The first kappa shape index (κ1) is 12.1. The van der Waals surface area contributed by atoms with E-state index in [0.717, 1.165) is 18.6 Å². The number of carbonyl (C=O) groups excluding carboxylic acids is 1. The van der Waals surface area contributed by atoms with E-state index in [1.54, 1.807) is 12.1 Å². The molecule has 0 spiro atoms. The summed E-state index contributed by atoms with van der Waals surface area (Å²) in [4.78, 5) is 11.5. The number of rotatable bonds is 5. The zero-order chi connectivity index (χ0) is 11.3. The number of nitrogens with one attached hydrogen (secondary N) is 1. The van der Waals surface area contributed by atoms with E-state index in [4.69, 9.17) is 16.0 Å². The smallest absolute Gasteiger partial charge is 0.286 e. The molecule has 1 heterocycles. The number of carbonyl (C=O) groups is 1. The van der Waals surface area contributed by atoms with Gasteiger partial charge >= 0.3 is 0 Å². The number of aryl methyl sites for hydroxylation is 1. The minimum Gasteiger partial charge on any atom is -0.456 e. The van der Waals surface area contributed by atoms with Gasteiger partial charge in [-0.1, -0.05) is 6.92 Å². The molecule has 1 aromatic rings. The molecule has 0 aromatic carbocycles. The zero-order valence-corrected chi connectivity index (χ0v) is 9.80. The van der Waals surface area contributed by atoms with Crippen LogP contribution in [0.1, 0.15) is 36.1 Å². The first-order chi connectivity index (χ1) is 7.13. The molecule has 84 valence electrons. The van der Waals surface area contributed by atoms with E-state index in [1.807, 2.05) is 13.8 Å². The molecular weight excluding hydrogens is 214 g/mol. The normalized spacial score (nSPS) is 12.5. The molecule has 0 aliphatic carbocycles. The monoisotopic (exact) mass is 229 g/mol. The lowest BCUT2D eigenvalue weighted by molar-refractivity contribution is 0.0924. The number of hydrogen-bond donors (Lipinski definition) is 1. The van der Waals surface area contributed by atoms with Crippen LogP contribution in [0, 0.1) is 6.92 Å². The molecular formula is C11H16ClNO2. The van der Waals surface area contributed by atoms with E-state index in [1.165, 1.54) is 0 Å². The molecule has 0 bridgehead atoms. The van der Waals surface area contributed by atoms with E-state index in [0.29, 0.717) is 12.3 Å². The van der Waals surface area contributed by atoms with Crippen LogP contribution in [0.15, 0.2) is 16.5 Å². The van der Waals surface area contributed by atoms with Crippen molar-refractivity contribution in [2.75, 3.05) is 6.54 Å². The van der Waals surface area contributed by atoms with Crippen LogP contribution in [-0.4, -0.2) is 17.8 Å². The SMILES string of the molecule is CCC(Cl)CCNC(=O)c1ccc(C)o1. The van der Waals surface area contributed by atoms with Gasteiger partial charge in [-0.2, -0.15) is 0 Å². The van der Waals surface area contributed by atoms with Crippen LogP contribution in [0.2, 0.25) is 0 Å². The van der Waals surface area contributed by atoms with E-state index >= 15 is 0 Å². The van der Waals surface area contributed by atoms with E-state index in [-0.39, 0.29) is 11.3 Å². The number of alkyl halides is 1. The highest BCUT2D eigenvalue weighted by Gasteiger charge is 2.09. The van der Waals surface area contributed by atoms with Gasteiger partial charge in [-0.15, -0.1) is 11.6 Å². The maximum atomic E-state index is 11.5. The highest BCUT2D eigenvalue weighted by atomic mass is 35.5. The third kappa shape index (κ3) is 3.96. The number of furan rings is 1. The summed E-state index contributed by atoms with van der Waals surface area (Å²) in [6.07, 6.45) is 1.70. The van der Waals surface area contributed by atoms with Crippen molar-refractivity contribution in [2.45, 2.75) is 32.1 Å². The van der Waals surface area contributed by atoms with Crippen molar-refractivity contribution in [3.63, 3.8) is 0 Å². The van der Waals surface area contributed by atoms with Crippen molar-refractivity contribution in [2.24, 2.45) is 0 Å². The number of hydrogen-bond acceptors (Lipinski definition) is 2. The van der Waals surface area contributed by atoms with Gasteiger partial charge in [0.25, 0.3) is 5.91 Å². The average Bonchev–Trinajstić information content (AvgIpc) is 2.64. The van der Waals surface area contributed by atoms with Crippen molar-refractivity contribution in [3.05, 3.63) is 23.7 Å². The van der Waals surface area contributed by atoms with Crippen LogP contribution in [0.3, 0.4) is 0 Å². The van der Waals surface area contributed by atoms with Gasteiger partial charge in [-0.05, 0) is 31.9 Å². The maximum absolute atomic E-state index is 11.5. The Kier molecular flexibility index (Phi) is 4.69. The molecule has 0 saturated carbocycles. The Balaban J connectivity index is 2.31. The second kappa shape index (κ2) is 5.81. The number of amides is 1. The topological polar surface area (TPSA) is 42.2 Å². The van der Waals surface area contributed by atoms with Gasteiger partial charge in [-0.3, -0.25) is 4.79 Å². The fraction of sp³-hybridized carbons (Fsp3) is 0.545. The molecule has 4 heteroatoms. The van der Waals surface area contributed by atoms with E-state index in [9.17, 15) is 4.79 Å². The Morgan fingerprint density at radius 1 is 1.60 bits per heavy atom. The summed E-state index contributed by atoms with van der Waals surface area (Å²) >= 11 is 5.92. The minimum absolute atomic E-state index is 0.128. The first-order valence-corrected chi connectivity index (χ1v) is 5.55. The van der Waals surface area contributed by atoms with E-state index < -0.39 is 0 Å². The molecule has 1 unspecified atom stereocenters. The van der Waals surface area contributed by atoms with Gasteiger partial charge in [0, 0.05) is 11.9 Å². The highest BCUT2D eigenvalue weighted by Crippen LogP contribution is 2.07. The summed E-state index contributed by atoms with van der Waals surface area (Å²) in [6, 6.07) is 3.44. The van der Waals surface area contributed by atoms with Crippen LogP contribution in [0.25, 0.3) is 0 Å². The Bertz CT molecular complexity index is 322. The van der Waals surface area contributed by atoms with E-state index in [2.05, 4.69) is 5.32 Å². The molecule has 0 radical (unpaired) electrons. The summed E-state index contributed by atoms with van der Waals surface area (Å²) in [5.74, 6) is 0.919. The maximum Gasteiger partial charge on any atom is 0.286 e. The first-order valence-electron chi connectivity index (χ1n) is 5.12. The second-order valence-electron chi connectivity index (χ2n) is 3.46. The summed E-state index contributed by atoms with van der Waals surface area (Å²) < 4.78 is 5.18. The third-order valence-electron chi connectivity index (χ3n) is 2.15. The quantitative estimate of drug-likeness (QED) is 0.789. The van der Waals surface area contributed by atoms with Crippen LogP contribution in [0.4, 0.5) is 0 Å². The molecule has 15 heavy (non-hydrogen) atoms. The molecule has 1 rings (SSSR count). The molecule has 1 atom stereocenters. The van der Waals surface area contributed by atoms with Crippen molar-refractivity contribution >= 4 is 17.5 Å². The number of halogens is 1. The molecule has 0 aliphatic heterocycles. The lowest BCUT2D eigenvalue weighted by Gasteiger charge is -2.06. The fourth-order valence-corrected chi connectivity index (χ4v) is 1.30. The third-order valence-corrected chi connectivity index (χ3v) is 2.68. The van der Waals surface area contributed by atoms with Crippen LogP contribution in [-0.2, 0) is 0 Å². The Morgan fingerprint density at radius 2 is 2.33 bits per heavy atom. The Morgan fingerprint density at radius 3 is 2.87 bits per heavy atom. The Hall–Kier alpha value is -0.960. The molecule has 0 fully saturated rings. The van der Waals surface area contributed by atoms with Gasteiger partial charge in [0.2, 0.25) is 0 Å². The molecule has 3 nitrogen and oxygen atoms in total. The summed E-state index contributed by atoms with van der Waals surface area (Å²) in [6.45, 7) is 4.42. The van der Waals surface area contributed by atoms with Gasteiger partial charge < -0.3 is 9.73 Å². The van der Waals surface area contributed by atoms with Crippen LogP contribution in [0.5, 0.6) is 0 Å². The summed E-state index contributed by atoms with van der Waals surface area (Å²) in [5.41, 5.74) is 0.